The van der Waals surface area contributed by atoms with Crippen LogP contribution >= 0.6 is 0 Å². The molecule has 2 aliphatic carbocycles. The molecule has 3 rings (SSSR count). The lowest BCUT2D eigenvalue weighted by Crippen LogP contribution is -2.67. The van der Waals surface area contributed by atoms with Gasteiger partial charge in [0.05, 0.1) is 6.10 Å². The largest absolute Gasteiger partial charge is 0.378 e. The van der Waals surface area contributed by atoms with Gasteiger partial charge in [-0.1, -0.05) is 19.3 Å². The minimum Gasteiger partial charge on any atom is -0.378 e. The van der Waals surface area contributed by atoms with Gasteiger partial charge in [-0.15, -0.1) is 0 Å². The van der Waals surface area contributed by atoms with E-state index in [2.05, 4.69) is 22.5 Å². The zero-order valence-corrected chi connectivity index (χ0v) is 16.7. The normalized spacial score (nSPS) is 29.3. The summed E-state index contributed by atoms with van der Waals surface area (Å²) in [6, 6.07) is 0.852. The number of piperidine rings is 1. The van der Waals surface area contributed by atoms with Gasteiger partial charge in [-0.3, -0.25) is 9.79 Å². The van der Waals surface area contributed by atoms with E-state index < -0.39 is 0 Å². The maximum Gasteiger partial charge on any atom is 0.219 e. The van der Waals surface area contributed by atoms with E-state index in [1.165, 1.54) is 32.1 Å². The Labute approximate surface area is 158 Å². The predicted octanol–water partition coefficient (Wildman–Crippen LogP) is 2.29. The van der Waals surface area contributed by atoms with Gasteiger partial charge in [0.25, 0.3) is 0 Å². The molecule has 2 unspecified atom stereocenters. The summed E-state index contributed by atoms with van der Waals surface area (Å²) >= 11 is 0. The molecule has 3 fully saturated rings. The van der Waals surface area contributed by atoms with Crippen molar-refractivity contribution in [1.29, 1.82) is 0 Å². The minimum atomic E-state index is 0.182. The molecule has 1 spiro atoms. The van der Waals surface area contributed by atoms with Gasteiger partial charge < -0.3 is 20.3 Å². The highest BCUT2D eigenvalue weighted by Gasteiger charge is 2.55. The van der Waals surface area contributed by atoms with Crippen LogP contribution in [-0.2, 0) is 9.53 Å². The van der Waals surface area contributed by atoms with Crippen molar-refractivity contribution in [3.63, 3.8) is 0 Å². The summed E-state index contributed by atoms with van der Waals surface area (Å²) in [5.41, 5.74) is 0.296. The van der Waals surface area contributed by atoms with Crippen LogP contribution in [0.2, 0.25) is 0 Å². The third-order valence-corrected chi connectivity index (χ3v) is 6.75. The summed E-state index contributed by atoms with van der Waals surface area (Å²) in [5.74, 6) is 1.10. The highest BCUT2D eigenvalue weighted by molar-refractivity contribution is 5.80. The van der Waals surface area contributed by atoms with Gasteiger partial charge in [0, 0.05) is 51.2 Å². The first-order valence-electron chi connectivity index (χ1n) is 10.5. The van der Waals surface area contributed by atoms with Crippen LogP contribution in [0, 0.1) is 5.41 Å². The Kier molecular flexibility index (Phi) is 6.43. The highest BCUT2D eigenvalue weighted by atomic mass is 16.5. The number of nitrogens with zero attached hydrogens (tertiary/aromatic N) is 2. The van der Waals surface area contributed by atoms with Crippen LogP contribution in [-0.4, -0.2) is 61.7 Å². The molecule has 0 radical (unpaired) electrons. The van der Waals surface area contributed by atoms with Crippen LogP contribution in [0.5, 0.6) is 0 Å². The first kappa shape index (κ1) is 19.5. The first-order valence-corrected chi connectivity index (χ1v) is 10.5. The number of ether oxygens (including phenoxy) is 1. The molecule has 1 aliphatic heterocycles. The van der Waals surface area contributed by atoms with E-state index in [4.69, 9.17) is 4.74 Å². The van der Waals surface area contributed by atoms with Crippen molar-refractivity contribution in [2.24, 2.45) is 10.4 Å². The summed E-state index contributed by atoms with van der Waals surface area (Å²) < 4.78 is 6.06. The highest BCUT2D eigenvalue weighted by Crippen LogP contribution is 2.53. The van der Waals surface area contributed by atoms with Crippen molar-refractivity contribution in [1.82, 2.24) is 15.5 Å². The van der Waals surface area contributed by atoms with Crippen LogP contribution in [0.15, 0.2) is 4.99 Å². The molecule has 2 N–H and O–H groups in total. The average molecular weight is 365 g/mol. The first-order chi connectivity index (χ1) is 12.6. The van der Waals surface area contributed by atoms with Crippen LogP contribution in [0.3, 0.4) is 0 Å². The van der Waals surface area contributed by atoms with E-state index in [0.717, 1.165) is 44.9 Å². The SMILES string of the molecule is CCOC1CC(NC(=NC)NC2CCN(C(C)=O)CC2)C12CCCCC2. The van der Waals surface area contributed by atoms with Crippen LogP contribution < -0.4 is 10.6 Å². The van der Waals surface area contributed by atoms with E-state index in [1.54, 1.807) is 6.92 Å². The molecule has 26 heavy (non-hydrogen) atoms. The van der Waals surface area contributed by atoms with Crippen molar-refractivity contribution in [2.75, 3.05) is 26.7 Å². The number of amides is 1. The van der Waals surface area contributed by atoms with Crippen molar-refractivity contribution in [3.05, 3.63) is 0 Å². The second-order valence-corrected chi connectivity index (χ2v) is 8.17. The van der Waals surface area contributed by atoms with E-state index in [1.807, 2.05) is 11.9 Å². The number of likely N-dealkylation sites (tertiary alicyclic amines) is 1. The average Bonchev–Trinajstić information content (AvgIpc) is 2.67. The molecule has 1 heterocycles. The Morgan fingerprint density at radius 2 is 1.88 bits per heavy atom. The second-order valence-electron chi connectivity index (χ2n) is 8.17. The Morgan fingerprint density at radius 3 is 2.46 bits per heavy atom. The zero-order valence-electron chi connectivity index (χ0n) is 16.7. The second kappa shape index (κ2) is 8.59. The van der Waals surface area contributed by atoms with Gasteiger partial charge in [0.2, 0.25) is 5.91 Å². The Hall–Kier alpha value is -1.30. The topological polar surface area (TPSA) is 66.0 Å². The fourth-order valence-corrected chi connectivity index (χ4v) is 5.13. The van der Waals surface area contributed by atoms with Crippen LogP contribution in [0.25, 0.3) is 0 Å². The maximum absolute atomic E-state index is 11.5. The fraction of sp³-hybridized carbons (Fsp3) is 0.900. The molecule has 148 valence electrons. The van der Waals surface area contributed by atoms with Gasteiger partial charge in [-0.25, -0.2) is 0 Å². The smallest absolute Gasteiger partial charge is 0.219 e. The lowest BCUT2D eigenvalue weighted by Gasteiger charge is -2.58. The summed E-state index contributed by atoms with van der Waals surface area (Å²) in [5, 5.41) is 7.30. The standard InChI is InChI=1S/C20H36N4O2/c1-4-26-18-14-17(20(18)10-6-5-7-11-20)23-19(21-3)22-16-8-12-24(13-9-16)15(2)25/h16-18H,4-14H2,1-3H3,(H2,21,22,23). The van der Waals surface area contributed by atoms with Crippen molar-refractivity contribution in [2.45, 2.75) is 83.4 Å². The third kappa shape index (κ3) is 4.00. The van der Waals surface area contributed by atoms with E-state index in [0.29, 0.717) is 23.6 Å². The summed E-state index contributed by atoms with van der Waals surface area (Å²) in [6.45, 7) is 6.24. The molecule has 0 aromatic heterocycles. The summed E-state index contributed by atoms with van der Waals surface area (Å²) in [7, 11) is 1.85. The lowest BCUT2D eigenvalue weighted by molar-refractivity contribution is -0.145. The molecule has 6 nitrogen and oxygen atoms in total. The van der Waals surface area contributed by atoms with E-state index >= 15 is 0 Å². The predicted molar refractivity (Wildman–Crippen MR) is 104 cm³/mol. The van der Waals surface area contributed by atoms with Crippen molar-refractivity contribution >= 4 is 11.9 Å². The van der Waals surface area contributed by atoms with Crippen LogP contribution in [0.4, 0.5) is 0 Å². The van der Waals surface area contributed by atoms with Gasteiger partial charge in [0.15, 0.2) is 5.96 Å². The molecule has 0 bridgehead atoms. The molecular weight excluding hydrogens is 328 g/mol. The van der Waals surface area contributed by atoms with E-state index in [9.17, 15) is 4.79 Å². The van der Waals surface area contributed by atoms with Crippen molar-refractivity contribution in [3.8, 4) is 0 Å². The Bertz CT molecular complexity index is 508. The molecule has 1 saturated heterocycles. The van der Waals surface area contributed by atoms with Gasteiger partial charge in [-0.2, -0.15) is 0 Å². The molecule has 2 atom stereocenters. The number of aliphatic imine (C=N–C) groups is 1. The number of carbonyl (C=O) groups is 1. The number of rotatable bonds is 4. The summed E-state index contributed by atoms with van der Waals surface area (Å²) in [6.07, 6.45) is 9.98. The van der Waals surface area contributed by atoms with Gasteiger partial charge in [-0.05, 0) is 39.0 Å². The number of hydrogen-bond donors (Lipinski definition) is 2. The molecule has 2 saturated carbocycles. The number of guanidine groups is 1. The van der Waals surface area contributed by atoms with Crippen LogP contribution in [0.1, 0.15) is 65.2 Å². The number of carbonyl (C=O) groups excluding carboxylic acids is 1. The Morgan fingerprint density at radius 1 is 1.19 bits per heavy atom. The minimum absolute atomic E-state index is 0.182. The number of nitrogens with one attached hydrogen (secondary N) is 2. The monoisotopic (exact) mass is 364 g/mol. The van der Waals surface area contributed by atoms with Gasteiger partial charge >= 0.3 is 0 Å². The molecule has 3 aliphatic rings. The molecular formula is C20H36N4O2. The molecule has 6 heteroatoms. The summed E-state index contributed by atoms with van der Waals surface area (Å²) in [4.78, 5) is 17.9. The zero-order chi connectivity index (χ0) is 18.6. The van der Waals surface area contributed by atoms with Gasteiger partial charge in [0.1, 0.15) is 0 Å². The molecule has 0 aromatic carbocycles. The molecule has 1 amide bonds. The number of hydrogen-bond acceptors (Lipinski definition) is 3. The quantitative estimate of drug-likeness (QED) is 0.593. The Balaban J connectivity index is 1.54. The van der Waals surface area contributed by atoms with E-state index in [-0.39, 0.29) is 5.91 Å². The fourth-order valence-electron chi connectivity index (χ4n) is 5.13. The molecule has 0 aromatic rings. The maximum atomic E-state index is 11.5. The third-order valence-electron chi connectivity index (χ3n) is 6.75. The van der Waals surface area contributed by atoms with Crippen molar-refractivity contribution < 1.29 is 9.53 Å². The lowest BCUT2D eigenvalue weighted by atomic mass is 9.55.